The van der Waals surface area contributed by atoms with Gasteiger partial charge in [0.2, 0.25) is 16.4 Å². The van der Waals surface area contributed by atoms with Gasteiger partial charge in [-0.2, -0.15) is 36.3 Å². The third-order valence-corrected chi connectivity index (χ3v) is 2.95. The van der Waals surface area contributed by atoms with Crippen LogP contribution < -0.4 is 0 Å². The van der Waals surface area contributed by atoms with Crippen LogP contribution in [0.4, 0.5) is 26.3 Å². The van der Waals surface area contributed by atoms with Gasteiger partial charge < -0.3 is 5.48 Å². The van der Waals surface area contributed by atoms with E-state index < -0.39 is 38.2 Å². The molecule has 26 heavy (non-hydrogen) atoms. The Hall–Kier alpha value is -1.14. The number of halogens is 9. The highest BCUT2D eigenvalue weighted by Gasteiger charge is 2.36. The molecular formula is C6H5Cl3F6N6O3S2. The Bertz CT molecular complexity index is 830. The number of alkyl halides is 6. The van der Waals surface area contributed by atoms with Gasteiger partial charge in [0.15, 0.2) is 0 Å². The van der Waals surface area contributed by atoms with Crippen molar-refractivity contribution in [2.24, 2.45) is 0 Å². The van der Waals surface area contributed by atoms with Crippen LogP contribution in [-0.4, -0.2) is 44.3 Å². The smallest absolute Gasteiger partial charge is 0.412 e. The number of hydrogen-bond donors (Lipinski definition) is 3. The molecule has 0 radical (unpaired) electrons. The van der Waals surface area contributed by atoms with Crippen LogP contribution >= 0.6 is 44.6 Å². The zero-order valence-corrected chi connectivity index (χ0v) is 15.3. The van der Waals surface area contributed by atoms with Crippen LogP contribution in [0.2, 0.25) is 0 Å². The Kier molecular flexibility index (Phi) is 10.7. The van der Waals surface area contributed by atoms with Crippen molar-refractivity contribution in [3.8, 4) is 0 Å². The molecule has 0 unspecified atom stereocenters. The first-order valence-corrected chi connectivity index (χ1v) is 8.87. The lowest BCUT2D eigenvalue weighted by molar-refractivity contribution is -0.145. The quantitative estimate of drug-likeness (QED) is 0.316. The van der Waals surface area contributed by atoms with Crippen LogP contribution in [0.3, 0.4) is 0 Å². The topological polar surface area (TPSA) is 152 Å². The molecule has 20 heteroatoms. The number of H-pyrrole nitrogens is 3. The third-order valence-electron chi connectivity index (χ3n) is 1.72. The number of rotatable bonds is 1. The van der Waals surface area contributed by atoms with Gasteiger partial charge >= 0.3 is 12.4 Å². The van der Waals surface area contributed by atoms with Gasteiger partial charge in [0, 0.05) is 32.4 Å². The number of nitrogens with one attached hydrogen (secondary N) is 3. The van der Waals surface area contributed by atoms with Crippen molar-refractivity contribution in [2.75, 3.05) is 0 Å². The minimum Gasteiger partial charge on any atom is -0.412 e. The molecule has 0 aromatic carbocycles. The van der Waals surface area contributed by atoms with Crippen molar-refractivity contribution in [1.82, 2.24) is 30.4 Å². The summed E-state index contributed by atoms with van der Waals surface area (Å²) in [5.74, 6) is -2.61. The average Bonchev–Trinajstić information content (AvgIpc) is 3.08. The molecule has 0 fully saturated rings. The summed E-state index contributed by atoms with van der Waals surface area (Å²) in [6, 6.07) is 0. The van der Waals surface area contributed by atoms with E-state index in [0.29, 0.717) is 0 Å². The molecule has 0 amide bonds. The van der Waals surface area contributed by atoms with Gasteiger partial charge in [0.25, 0.3) is 14.2 Å². The minimum atomic E-state index is -4.77. The van der Waals surface area contributed by atoms with Crippen molar-refractivity contribution < 1.29 is 40.2 Å². The number of aromatic amines is 3. The maximum Gasteiger partial charge on any atom is 0.451 e. The van der Waals surface area contributed by atoms with E-state index in [2.05, 4.69) is 59.7 Å². The summed E-state index contributed by atoms with van der Waals surface area (Å²) in [6.07, 6.45) is -9.22. The largest absolute Gasteiger partial charge is 0.451 e. The fraction of sp³-hybridized carbons (Fsp3) is 0.333. The van der Waals surface area contributed by atoms with Crippen LogP contribution in [0.15, 0.2) is 5.16 Å². The average molecular weight is 494 g/mol. The van der Waals surface area contributed by atoms with Gasteiger partial charge in [-0.25, -0.2) is 8.42 Å². The van der Waals surface area contributed by atoms with Gasteiger partial charge in [-0.3, -0.25) is 15.3 Å². The second-order valence-corrected chi connectivity index (χ2v) is 6.26. The van der Waals surface area contributed by atoms with Crippen LogP contribution in [-0.2, 0) is 21.4 Å². The number of aromatic nitrogens is 6. The molecule has 2 aromatic rings. The van der Waals surface area contributed by atoms with Crippen LogP contribution in [0.25, 0.3) is 0 Å². The molecule has 0 bridgehead atoms. The van der Waals surface area contributed by atoms with Crippen molar-refractivity contribution in [3.05, 3.63) is 16.4 Å². The lowest BCUT2D eigenvalue weighted by atomic mass is 10.6. The van der Waals surface area contributed by atoms with E-state index >= 15 is 0 Å². The Morgan fingerprint density at radius 2 is 1.38 bits per heavy atom. The zero-order valence-electron chi connectivity index (χ0n) is 11.4. The second-order valence-electron chi connectivity index (χ2n) is 3.42. The SMILES string of the molecule is ClCl.FC(F)(F)c1nc(=S)[nH][nH]1.O.O=S(=O)(Cl)c1n[nH]c(C(F)(F)F)n1. The molecule has 0 aliphatic heterocycles. The second kappa shape index (κ2) is 10.3. The maximum atomic E-state index is 11.8. The van der Waals surface area contributed by atoms with Crippen molar-refractivity contribution in [1.29, 1.82) is 0 Å². The molecule has 152 valence electrons. The van der Waals surface area contributed by atoms with Crippen LogP contribution in [0.1, 0.15) is 11.6 Å². The molecule has 0 saturated carbocycles. The molecule has 9 nitrogen and oxygen atoms in total. The first-order valence-electron chi connectivity index (χ1n) is 5.01. The highest BCUT2D eigenvalue weighted by Crippen LogP contribution is 2.26. The zero-order chi connectivity index (χ0) is 20.1. The normalized spacial score (nSPS) is 11.4. The van der Waals surface area contributed by atoms with Crippen LogP contribution in [0, 0.1) is 4.77 Å². The monoisotopic (exact) mass is 492 g/mol. The van der Waals surface area contributed by atoms with Crippen molar-refractivity contribution in [3.63, 3.8) is 0 Å². The van der Waals surface area contributed by atoms with Gasteiger partial charge in [0.1, 0.15) is 0 Å². The Morgan fingerprint density at radius 1 is 0.923 bits per heavy atom. The molecule has 0 aliphatic rings. The molecule has 0 saturated heterocycles. The Morgan fingerprint density at radius 3 is 1.58 bits per heavy atom. The first kappa shape index (κ1) is 27.1. The van der Waals surface area contributed by atoms with E-state index in [0.717, 1.165) is 0 Å². The summed E-state index contributed by atoms with van der Waals surface area (Å²) < 4.78 is 91.0. The minimum absolute atomic E-state index is 0. The fourth-order valence-corrected chi connectivity index (χ4v) is 1.59. The third kappa shape index (κ3) is 8.99. The highest BCUT2D eigenvalue weighted by molar-refractivity contribution is 8.13. The van der Waals surface area contributed by atoms with E-state index in [4.69, 9.17) is 0 Å². The highest BCUT2D eigenvalue weighted by atomic mass is 36.5. The maximum absolute atomic E-state index is 11.8. The molecule has 0 spiro atoms. The predicted molar refractivity (Wildman–Crippen MR) is 78.5 cm³/mol. The van der Waals surface area contributed by atoms with Gasteiger partial charge in [-0.1, -0.05) is 0 Å². The molecule has 2 rings (SSSR count). The number of nitrogens with zero attached hydrogens (tertiary/aromatic N) is 3. The molecular weight excluding hydrogens is 489 g/mol. The molecule has 2 aromatic heterocycles. The van der Waals surface area contributed by atoms with E-state index in [-0.39, 0.29) is 10.2 Å². The fourth-order valence-electron chi connectivity index (χ4n) is 0.887. The molecule has 2 heterocycles. The van der Waals surface area contributed by atoms with E-state index in [9.17, 15) is 34.8 Å². The van der Waals surface area contributed by atoms with Crippen molar-refractivity contribution in [2.45, 2.75) is 17.5 Å². The molecule has 5 N–H and O–H groups in total. The first-order chi connectivity index (χ1) is 11.2. The van der Waals surface area contributed by atoms with E-state index in [1.807, 2.05) is 5.10 Å². The summed E-state index contributed by atoms with van der Waals surface area (Å²) in [6.45, 7) is 0. The summed E-state index contributed by atoms with van der Waals surface area (Å²) in [4.78, 5) is 5.60. The van der Waals surface area contributed by atoms with Crippen molar-refractivity contribution >= 4 is 53.7 Å². The van der Waals surface area contributed by atoms with Gasteiger partial charge in [0.05, 0.1) is 0 Å². The summed E-state index contributed by atoms with van der Waals surface area (Å²) in [7, 11) is 8.58. The van der Waals surface area contributed by atoms with Gasteiger partial charge in [-0.05, 0) is 12.2 Å². The lowest BCUT2D eigenvalue weighted by Crippen LogP contribution is -2.07. The summed E-state index contributed by atoms with van der Waals surface area (Å²) >= 11 is 4.30. The lowest BCUT2D eigenvalue weighted by Gasteiger charge is -1.97. The van der Waals surface area contributed by atoms with Crippen LogP contribution in [0.5, 0.6) is 0 Å². The Labute approximate surface area is 158 Å². The standard InChI is InChI=1S/C3HClF3N3O2S.C3H2F3N3S.Cl2.H2O/c4-13(11,12)2-8-1(9-10-2)3(5,6)7;4-3(5,6)1-7-2(10)9-8-1;1-2;/h(H,8,9,10);(H2,7,8,9,10);;1H2. The summed E-state index contributed by atoms with van der Waals surface area (Å²) in [5.41, 5.74) is 0. The molecule has 0 aliphatic carbocycles. The van der Waals surface area contributed by atoms with E-state index in [1.165, 1.54) is 5.10 Å². The predicted octanol–water partition coefficient (Wildman–Crippen LogP) is 2.79. The summed E-state index contributed by atoms with van der Waals surface area (Å²) in [5, 5.41) is 6.90. The van der Waals surface area contributed by atoms with Gasteiger partial charge in [-0.15, -0.1) is 5.10 Å². The molecule has 0 atom stereocenters. The number of hydrogen-bond acceptors (Lipinski definition) is 6. The van der Waals surface area contributed by atoms with E-state index in [1.54, 1.807) is 5.10 Å². The Balaban J connectivity index is 0.